The molecule has 1 rings (SSSR count). The topological polar surface area (TPSA) is 34.1 Å². The highest BCUT2D eigenvalue weighted by Crippen LogP contribution is 2.18. The molecule has 0 amide bonds. The van der Waals surface area contributed by atoms with Gasteiger partial charge in [-0.3, -0.25) is 0 Å². The molecule has 0 spiro atoms. The number of rotatable bonds is 4. The smallest absolute Gasteiger partial charge is 0.157 e. The first-order chi connectivity index (χ1) is 5.99. The fourth-order valence-corrected chi connectivity index (χ4v) is 2.87. The highest BCUT2D eigenvalue weighted by atomic mass is 32.2. The summed E-state index contributed by atoms with van der Waals surface area (Å²) in [7, 11) is -2.76. The van der Waals surface area contributed by atoms with E-state index in [9.17, 15) is 8.42 Å². The number of hydrogen-bond acceptors (Lipinski definition) is 2. The van der Waals surface area contributed by atoms with E-state index in [-0.39, 0.29) is 11.5 Å². The molecule has 0 N–H and O–H groups in total. The lowest BCUT2D eigenvalue weighted by molar-refractivity contribution is 0.602. The lowest BCUT2D eigenvalue weighted by Gasteiger charge is -2.00. The Bertz CT molecular complexity index is 323. The highest BCUT2D eigenvalue weighted by Gasteiger charge is 2.18. The molecule has 0 saturated carbocycles. The van der Waals surface area contributed by atoms with Crippen molar-refractivity contribution in [2.75, 3.05) is 11.5 Å². The van der Waals surface area contributed by atoms with Crippen molar-refractivity contribution in [2.45, 2.75) is 26.2 Å². The zero-order valence-corrected chi connectivity index (χ0v) is 8.86. The van der Waals surface area contributed by atoms with Crippen LogP contribution in [0.2, 0.25) is 0 Å². The molecule has 0 aromatic rings. The average Bonchev–Trinajstić information content (AvgIpc) is 2.29. The Morgan fingerprint density at radius 1 is 1.62 bits per heavy atom. The normalized spacial score (nSPS) is 19.9. The second-order valence-corrected chi connectivity index (χ2v) is 5.84. The van der Waals surface area contributed by atoms with Gasteiger partial charge in [0.25, 0.3) is 0 Å². The van der Waals surface area contributed by atoms with Crippen LogP contribution in [0, 0.1) is 0 Å². The summed E-state index contributed by atoms with van der Waals surface area (Å²) in [5.41, 5.74) is 2.25. The quantitative estimate of drug-likeness (QED) is 0.651. The van der Waals surface area contributed by atoms with Gasteiger partial charge in [-0.05, 0) is 26.2 Å². The van der Waals surface area contributed by atoms with E-state index in [4.69, 9.17) is 0 Å². The van der Waals surface area contributed by atoms with Crippen LogP contribution in [0.3, 0.4) is 0 Å². The molecule has 74 valence electrons. The molecule has 0 bridgehead atoms. The minimum atomic E-state index is -2.76. The minimum absolute atomic E-state index is 0.245. The summed E-state index contributed by atoms with van der Waals surface area (Å²) in [6.45, 7) is 5.81. The van der Waals surface area contributed by atoms with E-state index in [1.807, 2.05) is 13.0 Å². The van der Waals surface area contributed by atoms with Gasteiger partial charge in [-0.2, -0.15) is 0 Å². The molecule has 2 nitrogen and oxygen atoms in total. The van der Waals surface area contributed by atoms with Crippen LogP contribution in [0.5, 0.6) is 0 Å². The first kappa shape index (κ1) is 10.5. The van der Waals surface area contributed by atoms with E-state index < -0.39 is 9.84 Å². The Labute approximate surface area is 80.3 Å². The number of hydrogen-bond donors (Lipinski definition) is 0. The monoisotopic (exact) mass is 200 g/mol. The molecule has 1 aliphatic heterocycles. The molecule has 0 radical (unpaired) electrons. The summed E-state index contributed by atoms with van der Waals surface area (Å²) < 4.78 is 22.1. The van der Waals surface area contributed by atoms with Gasteiger partial charge in [0.05, 0.1) is 11.5 Å². The number of sulfone groups is 1. The van der Waals surface area contributed by atoms with Crippen LogP contribution in [0.25, 0.3) is 0 Å². The largest absolute Gasteiger partial charge is 0.228 e. The molecule has 0 aromatic heterocycles. The van der Waals surface area contributed by atoms with Crippen molar-refractivity contribution >= 4 is 9.84 Å². The second-order valence-electron chi connectivity index (χ2n) is 3.73. The molecule has 0 aromatic carbocycles. The van der Waals surface area contributed by atoms with Gasteiger partial charge in [-0.15, -0.1) is 6.58 Å². The third kappa shape index (κ3) is 3.77. The number of allylic oxidation sites excluding steroid dienone is 1. The predicted molar refractivity (Wildman–Crippen MR) is 55.4 cm³/mol. The Balaban J connectivity index is 2.29. The second kappa shape index (κ2) is 4.09. The third-order valence-electron chi connectivity index (χ3n) is 2.13. The molecular formula is C10H16O2S. The maximum absolute atomic E-state index is 11.1. The van der Waals surface area contributed by atoms with Crippen LogP contribution >= 0.6 is 0 Å². The van der Waals surface area contributed by atoms with E-state index in [2.05, 4.69) is 6.58 Å². The molecule has 0 aliphatic carbocycles. The van der Waals surface area contributed by atoms with Gasteiger partial charge in [-0.25, -0.2) is 8.42 Å². The van der Waals surface area contributed by atoms with Crippen LogP contribution in [-0.2, 0) is 9.84 Å². The predicted octanol–water partition coefficient (Wildman–Crippen LogP) is 2.09. The molecule has 1 heterocycles. The van der Waals surface area contributed by atoms with Crippen LogP contribution in [-0.4, -0.2) is 19.9 Å². The first-order valence-electron chi connectivity index (χ1n) is 4.52. The first-order valence-corrected chi connectivity index (χ1v) is 6.34. The molecular weight excluding hydrogens is 184 g/mol. The van der Waals surface area contributed by atoms with Gasteiger partial charge in [0.2, 0.25) is 0 Å². The Morgan fingerprint density at radius 2 is 2.31 bits per heavy atom. The lowest BCUT2D eigenvalue weighted by atomic mass is 10.1. The average molecular weight is 200 g/mol. The van der Waals surface area contributed by atoms with Gasteiger partial charge in [0.15, 0.2) is 9.84 Å². The molecule has 0 unspecified atom stereocenters. The molecule has 13 heavy (non-hydrogen) atoms. The fraction of sp³-hybridized carbons (Fsp3) is 0.600. The van der Waals surface area contributed by atoms with E-state index in [0.29, 0.717) is 0 Å². The van der Waals surface area contributed by atoms with Crippen LogP contribution in [0.1, 0.15) is 26.2 Å². The van der Waals surface area contributed by atoms with Crippen molar-refractivity contribution in [3.8, 4) is 0 Å². The summed E-state index contributed by atoms with van der Waals surface area (Å²) in [6, 6.07) is 0. The molecule has 1 aliphatic rings. The summed E-state index contributed by atoms with van der Waals surface area (Å²) in [4.78, 5) is 0. The zero-order valence-electron chi connectivity index (χ0n) is 8.04. The zero-order chi connectivity index (χ0) is 9.90. The van der Waals surface area contributed by atoms with Crippen LogP contribution < -0.4 is 0 Å². The van der Waals surface area contributed by atoms with Crippen molar-refractivity contribution in [1.29, 1.82) is 0 Å². The maximum atomic E-state index is 11.1. The SMILES string of the molecule is C=C(C)CCCC1=CCS(=O)(=O)C1. The van der Waals surface area contributed by atoms with E-state index in [0.717, 1.165) is 24.8 Å². The van der Waals surface area contributed by atoms with Crippen molar-refractivity contribution in [1.82, 2.24) is 0 Å². The standard InChI is InChI=1S/C10H16O2S/c1-9(2)4-3-5-10-6-7-13(11,12)8-10/h6H,1,3-5,7-8H2,2H3. The van der Waals surface area contributed by atoms with Crippen molar-refractivity contribution < 1.29 is 8.42 Å². The third-order valence-corrected chi connectivity index (χ3v) is 3.62. The van der Waals surface area contributed by atoms with Gasteiger partial charge < -0.3 is 0 Å². The van der Waals surface area contributed by atoms with Crippen molar-refractivity contribution in [3.05, 3.63) is 23.8 Å². The maximum Gasteiger partial charge on any atom is 0.157 e. The van der Waals surface area contributed by atoms with E-state index >= 15 is 0 Å². The summed E-state index contributed by atoms with van der Waals surface area (Å²) in [5, 5.41) is 0. The molecule has 0 saturated heterocycles. The summed E-state index contributed by atoms with van der Waals surface area (Å²) in [5.74, 6) is 0.526. The minimum Gasteiger partial charge on any atom is -0.228 e. The van der Waals surface area contributed by atoms with Gasteiger partial charge in [-0.1, -0.05) is 17.2 Å². The molecule has 0 fully saturated rings. The highest BCUT2D eigenvalue weighted by molar-refractivity contribution is 7.92. The van der Waals surface area contributed by atoms with E-state index in [1.165, 1.54) is 5.57 Å². The fourth-order valence-electron chi connectivity index (χ4n) is 1.44. The van der Waals surface area contributed by atoms with Gasteiger partial charge >= 0.3 is 0 Å². The molecule has 3 heteroatoms. The van der Waals surface area contributed by atoms with Crippen molar-refractivity contribution in [2.24, 2.45) is 0 Å². The van der Waals surface area contributed by atoms with Gasteiger partial charge in [0, 0.05) is 0 Å². The van der Waals surface area contributed by atoms with Gasteiger partial charge in [0.1, 0.15) is 0 Å². The van der Waals surface area contributed by atoms with Crippen LogP contribution in [0.15, 0.2) is 23.8 Å². The molecule has 0 atom stereocenters. The summed E-state index contributed by atoms with van der Waals surface area (Å²) >= 11 is 0. The van der Waals surface area contributed by atoms with Crippen LogP contribution in [0.4, 0.5) is 0 Å². The Morgan fingerprint density at radius 3 is 2.77 bits per heavy atom. The van der Waals surface area contributed by atoms with E-state index in [1.54, 1.807) is 0 Å². The Kier molecular flexibility index (Phi) is 3.31. The lowest BCUT2D eigenvalue weighted by Crippen LogP contribution is -2.02. The van der Waals surface area contributed by atoms with Crippen molar-refractivity contribution in [3.63, 3.8) is 0 Å². The Hall–Kier alpha value is -0.570. The summed E-state index contributed by atoms with van der Waals surface area (Å²) in [6.07, 6.45) is 4.79.